The predicted octanol–water partition coefficient (Wildman–Crippen LogP) is 1.19. The van der Waals surface area contributed by atoms with E-state index < -0.39 is 4.92 Å². The van der Waals surface area contributed by atoms with Crippen molar-refractivity contribution in [3.05, 3.63) is 32.4 Å². The molecule has 0 bridgehead atoms. The highest BCUT2D eigenvalue weighted by Gasteiger charge is 2.23. The number of anilines is 1. The highest BCUT2D eigenvalue weighted by molar-refractivity contribution is 7.09. The van der Waals surface area contributed by atoms with Crippen LogP contribution in [0.25, 0.3) is 0 Å². The molecule has 0 spiro atoms. The fourth-order valence-electron chi connectivity index (χ4n) is 1.40. The number of aryl methyl sites for hydroxylation is 1. The van der Waals surface area contributed by atoms with Crippen LogP contribution in [0.15, 0.2) is 11.6 Å². The molecule has 0 atom stereocenters. The summed E-state index contributed by atoms with van der Waals surface area (Å²) >= 11 is 1.45. The van der Waals surface area contributed by atoms with E-state index in [0.717, 1.165) is 5.01 Å². The number of nitrogens with two attached hydrogens (primary N) is 1. The molecule has 0 saturated heterocycles. The average Bonchev–Trinajstić information content (AvgIpc) is 2.76. The number of nitrogens with zero attached hydrogens (tertiary/aromatic N) is 4. The molecule has 0 unspecified atom stereocenters. The van der Waals surface area contributed by atoms with Gasteiger partial charge in [0.05, 0.1) is 11.5 Å². The van der Waals surface area contributed by atoms with Gasteiger partial charge in [0.15, 0.2) is 0 Å². The summed E-state index contributed by atoms with van der Waals surface area (Å²) in [7, 11) is 0. The van der Waals surface area contributed by atoms with Crippen molar-refractivity contribution in [1.29, 1.82) is 0 Å². The first kappa shape index (κ1) is 10.6. The molecule has 0 aliphatic rings. The zero-order chi connectivity index (χ0) is 11.7. The van der Waals surface area contributed by atoms with Gasteiger partial charge >= 0.3 is 5.69 Å². The van der Waals surface area contributed by atoms with Gasteiger partial charge in [-0.15, -0.1) is 11.3 Å². The van der Waals surface area contributed by atoms with E-state index in [4.69, 9.17) is 5.73 Å². The highest BCUT2D eigenvalue weighted by atomic mass is 32.1. The lowest BCUT2D eigenvalue weighted by Gasteiger charge is -1.98. The monoisotopic (exact) mass is 239 g/mol. The SMILES string of the molecule is Cc1nn(Cc2nccs2)c(N)c1[N+](=O)[O-]. The molecule has 7 nitrogen and oxygen atoms in total. The Hall–Kier alpha value is -1.96. The van der Waals surface area contributed by atoms with Crippen LogP contribution in [-0.4, -0.2) is 19.7 Å². The molecule has 0 radical (unpaired) electrons. The van der Waals surface area contributed by atoms with Crippen LogP contribution in [0.5, 0.6) is 0 Å². The molecule has 16 heavy (non-hydrogen) atoms. The number of hydrogen-bond acceptors (Lipinski definition) is 6. The minimum absolute atomic E-state index is 0.0673. The maximum Gasteiger partial charge on any atom is 0.333 e. The minimum Gasteiger partial charge on any atom is -0.378 e. The third-order valence-electron chi connectivity index (χ3n) is 2.09. The second kappa shape index (κ2) is 3.89. The molecule has 0 amide bonds. The summed E-state index contributed by atoms with van der Waals surface area (Å²) in [5.41, 5.74) is 5.85. The van der Waals surface area contributed by atoms with Crippen molar-refractivity contribution in [1.82, 2.24) is 14.8 Å². The van der Waals surface area contributed by atoms with Crippen molar-refractivity contribution in [3.63, 3.8) is 0 Å². The Kier molecular flexibility index (Phi) is 2.57. The number of thiazole rings is 1. The molecule has 2 aromatic heterocycles. The second-order valence-corrected chi connectivity index (χ2v) is 4.14. The molecule has 0 aliphatic heterocycles. The summed E-state index contributed by atoms with van der Waals surface area (Å²) in [4.78, 5) is 14.3. The first-order chi connectivity index (χ1) is 7.59. The van der Waals surface area contributed by atoms with E-state index in [1.165, 1.54) is 16.0 Å². The zero-order valence-electron chi connectivity index (χ0n) is 8.45. The number of aromatic nitrogens is 3. The van der Waals surface area contributed by atoms with Gasteiger partial charge in [-0.2, -0.15) is 5.10 Å². The molecule has 2 aromatic rings. The van der Waals surface area contributed by atoms with Crippen molar-refractivity contribution in [2.45, 2.75) is 13.5 Å². The van der Waals surface area contributed by atoms with Gasteiger partial charge in [0.2, 0.25) is 5.82 Å². The molecule has 8 heteroatoms. The third-order valence-corrected chi connectivity index (χ3v) is 2.85. The van der Waals surface area contributed by atoms with Crippen molar-refractivity contribution < 1.29 is 4.92 Å². The van der Waals surface area contributed by atoms with Crippen molar-refractivity contribution in [3.8, 4) is 0 Å². The Balaban J connectivity index is 2.36. The number of rotatable bonds is 3. The molecule has 0 fully saturated rings. The van der Waals surface area contributed by atoms with Crippen LogP contribution in [0, 0.1) is 17.0 Å². The van der Waals surface area contributed by atoms with Crippen LogP contribution in [0.1, 0.15) is 10.7 Å². The Morgan fingerprint density at radius 1 is 1.69 bits per heavy atom. The van der Waals surface area contributed by atoms with E-state index in [-0.39, 0.29) is 11.5 Å². The maximum atomic E-state index is 10.7. The van der Waals surface area contributed by atoms with E-state index in [0.29, 0.717) is 12.2 Å². The summed E-state index contributed by atoms with van der Waals surface area (Å²) in [6, 6.07) is 0. The van der Waals surface area contributed by atoms with Gasteiger partial charge in [-0.25, -0.2) is 9.67 Å². The molecule has 2 heterocycles. The van der Waals surface area contributed by atoms with Gasteiger partial charge in [-0.3, -0.25) is 10.1 Å². The van der Waals surface area contributed by atoms with E-state index in [2.05, 4.69) is 10.1 Å². The van der Waals surface area contributed by atoms with Crippen molar-refractivity contribution >= 4 is 22.8 Å². The minimum atomic E-state index is -0.518. The number of nitrogen functional groups attached to an aromatic ring is 1. The van der Waals surface area contributed by atoms with Crippen LogP contribution in [0.4, 0.5) is 11.5 Å². The van der Waals surface area contributed by atoms with Crippen LogP contribution in [0.2, 0.25) is 0 Å². The topological polar surface area (TPSA) is 99.9 Å². The molecular weight excluding hydrogens is 230 g/mol. The van der Waals surface area contributed by atoms with Crippen LogP contribution < -0.4 is 5.73 Å². The quantitative estimate of drug-likeness (QED) is 0.640. The second-order valence-electron chi connectivity index (χ2n) is 3.16. The summed E-state index contributed by atoms with van der Waals surface area (Å²) in [6.07, 6.45) is 1.67. The maximum absolute atomic E-state index is 10.7. The van der Waals surface area contributed by atoms with Gasteiger partial charge in [0.25, 0.3) is 0 Å². The zero-order valence-corrected chi connectivity index (χ0v) is 9.27. The standard InChI is InChI=1S/C8H9N5O2S/c1-5-7(13(14)15)8(9)12(11-5)4-6-10-2-3-16-6/h2-3H,4,9H2,1H3. The van der Waals surface area contributed by atoms with E-state index in [1.807, 2.05) is 5.38 Å². The molecule has 0 aliphatic carbocycles. The molecular formula is C8H9N5O2S. The van der Waals surface area contributed by atoms with Gasteiger partial charge in [0, 0.05) is 11.6 Å². The highest BCUT2D eigenvalue weighted by Crippen LogP contribution is 2.25. The van der Waals surface area contributed by atoms with E-state index in [9.17, 15) is 10.1 Å². The Morgan fingerprint density at radius 3 is 2.94 bits per heavy atom. The van der Waals surface area contributed by atoms with Crippen LogP contribution in [0.3, 0.4) is 0 Å². The number of hydrogen-bond donors (Lipinski definition) is 1. The smallest absolute Gasteiger partial charge is 0.333 e. The van der Waals surface area contributed by atoms with Crippen molar-refractivity contribution in [2.75, 3.05) is 5.73 Å². The molecule has 0 saturated carbocycles. The first-order valence-electron chi connectivity index (χ1n) is 4.45. The largest absolute Gasteiger partial charge is 0.378 e. The Labute approximate surface area is 94.7 Å². The Bertz CT molecular complexity index is 519. The summed E-state index contributed by atoms with van der Waals surface area (Å²) in [5.74, 6) is 0.0673. The first-order valence-corrected chi connectivity index (χ1v) is 5.33. The normalized spacial score (nSPS) is 10.6. The summed E-state index contributed by atoms with van der Waals surface area (Å²) < 4.78 is 1.40. The fraction of sp³-hybridized carbons (Fsp3) is 0.250. The lowest BCUT2D eigenvalue weighted by atomic mass is 10.4. The van der Waals surface area contributed by atoms with Gasteiger partial charge in [0.1, 0.15) is 10.7 Å². The van der Waals surface area contributed by atoms with E-state index in [1.54, 1.807) is 13.1 Å². The molecule has 0 aromatic carbocycles. The number of nitro groups is 1. The van der Waals surface area contributed by atoms with Gasteiger partial charge in [-0.1, -0.05) is 0 Å². The van der Waals surface area contributed by atoms with Gasteiger partial charge < -0.3 is 5.73 Å². The van der Waals surface area contributed by atoms with Crippen LogP contribution >= 0.6 is 11.3 Å². The van der Waals surface area contributed by atoms with Gasteiger partial charge in [-0.05, 0) is 6.92 Å². The summed E-state index contributed by atoms with van der Waals surface area (Å²) in [5, 5.41) is 17.4. The lowest BCUT2D eigenvalue weighted by molar-refractivity contribution is -0.384. The molecule has 2 N–H and O–H groups in total. The average molecular weight is 239 g/mol. The third kappa shape index (κ3) is 1.74. The molecule has 84 valence electrons. The van der Waals surface area contributed by atoms with Crippen molar-refractivity contribution in [2.24, 2.45) is 0 Å². The van der Waals surface area contributed by atoms with E-state index >= 15 is 0 Å². The molecule has 2 rings (SSSR count). The predicted molar refractivity (Wildman–Crippen MR) is 59.2 cm³/mol. The fourth-order valence-corrected chi connectivity index (χ4v) is 1.99. The lowest BCUT2D eigenvalue weighted by Crippen LogP contribution is -2.06. The Morgan fingerprint density at radius 2 is 2.44 bits per heavy atom. The van der Waals surface area contributed by atoms with Crippen LogP contribution in [-0.2, 0) is 6.54 Å². The summed E-state index contributed by atoms with van der Waals surface area (Å²) in [6.45, 7) is 1.92.